The molecule has 1 aromatic carbocycles. The van der Waals surface area contributed by atoms with Gasteiger partial charge in [-0.25, -0.2) is 14.8 Å². The van der Waals surface area contributed by atoms with E-state index in [1.807, 2.05) is 19.9 Å². The third-order valence-electron chi connectivity index (χ3n) is 5.21. The molecule has 0 radical (unpaired) electrons. The summed E-state index contributed by atoms with van der Waals surface area (Å²) < 4.78 is 5.10. The molecule has 3 rings (SSSR count). The van der Waals surface area contributed by atoms with E-state index in [2.05, 4.69) is 52.2 Å². The Balaban J connectivity index is 1.77. The second-order valence-corrected chi connectivity index (χ2v) is 7.11. The van der Waals surface area contributed by atoms with Crippen LogP contribution in [-0.4, -0.2) is 53.7 Å². The normalized spacial score (nSPS) is 14.1. The predicted octanol–water partition coefficient (Wildman–Crippen LogP) is 3.93. The van der Waals surface area contributed by atoms with Crippen LogP contribution in [0.5, 0.6) is 0 Å². The Morgan fingerprint density at radius 2 is 1.72 bits per heavy atom. The summed E-state index contributed by atoms with van der Waals surface area (Å²) in [5.41, 5.74) is 3.71. The lowest BCUT2D eigenvalue weighted by atomic mass is 10.0. The number of anilines is 3. The van der Waals surface area contributed by atoms with Crippen LogP contribution in [0.3, 0.4) is 0 Å². The van der Waals surface area contributed by atoms with E-state index in [0.29, 0.717) is 19.7 Å². The van der Waals surface area contributed by atoms with E-state index < -0.39 is 0 Å². The molecule has 0 spiro atoms. The quantitative estimate of drug-likeness (QED) is 0.796. The highest BCUT2D eigenvalue weighted by molar-refractivity contribution is 5.69. The van der Waals surface area contributed by atoms with Crippen LogP contribution in [0.1, 0.15) is 37.7 Å². The molecule has 0 bridgehead atoms. The van der Waals surface area contributed by atoms with Gasteiger partial charge < -0.3 is 19.9 Å². The Morgan fingerprint density at radius 3 is 2.31 bits per heavy atom. The summed E-state index contributed by atoms with van der Waals surface area (Å²) in [6.07, 6.45) is 1.68. The van der Waals surface area contributed by atoms with Crippen LogP contribution in [0.25, 0.3) is 0 Å². The molecule has 0 aliphatic carbocycles. The molecular formula is C22H31N5O2. The van der Waals surface area contributed by atoms with Crippen LogP contribution in [0.4, 0.5) is 22.1 Å². The number of aryl methyl sites for hydroxylation is 3. The first-order chi connectivity index (χ1) is 14.0. The molecule has 0 unspecified atom stereocenters. The first-order valence-corrected chi connectivity index (χ1v) is 10.5. The average molecular weight is 398 g/mol. The zero-order valence-corrected chi connectivity index (χ0v) is 17.9. The largest absolute Gasteiger partial charge is 0.450 e. The number of nitrogens with zero attached hydrogens (tertiary/aromatic N) is 4. The molecule has 7 nitrogen and oxygen atoms in total. The molecule has 1 aromatic heterocycles. The summed E-state index contributed by atoms with van der Waals surface area (Å²) in [5, 5.41) is 3.54. The SMILES string of the molecule is CCOC(=O)N1CCN(c2cc(Nc3c(CC)cccc3CC)nc(C)n2)CC1. The van der Waals surface area contributed by atoms with Crippen molar-refractivity contribution in [2.24, 2.45) is 0 Å². The standard InChI is InChI=1S/C22H31N5O2/c1-5-17-9-8-10-18(6-2)21(17)25-19-15-20(24-16(4)23-19)26-11-13-27(14-12-26)22(28)29-7-3/h8-10,15H,5-7,11-14H2,1-4H3,(H,23,24,25). The van der Waals surface area contributed by atoms with Crippen LogP contribution in [0, 0.1) is 6.92 Å². The summed E-state index contributed by atoms with van der Waals surface area (Å²) in [4.78, 5) is 25.1. The fourth-order valence-corrected chi connectivity index (χ4v) is 3.64. The minimum atomic E-state index is -0.239. The number of rotatable bonds is 6. The summed E-state index contributed by atoms with van der Waals surface area (Å²) in [6.45, 7) is 11.2. The van der Waals surface area contributed by atoms with Crippen LogP contribution in [-0.2, 0) is 17.6 Å². The minimum Gasteiger partial charge on any atom is -0.450 e. The van der Waals surface area contributed by atoms with E-state index in [4.69, 9.17) is 4.74 Å². The van der Waals surface area contributed by atoms with E-state index in [0.717, 1.165) is 49.1 Å². The van der Waals surface area contributed by atoms with Gasteiger partial charge in [0.1, 0.15) is 17.5 Å². The number of piperazine rings is 1. The highest BCUT2D eigenvalue weighted by atomic mass is 16.6. The molecule has 1 aliphatic rings. The van der Waals surface area contributed by atoms with Crippen LogP contribution < -0.4 is 10.2 Å². The van der Waals surface area contributed by atoms with E-state index >= 15 is 0 Å². The molecule has 156 valence electrons. The number of hydrogen-bond acceptors (Lipinski definition) is 6. The lowest BCUT2D eigenvalue weighted by molar-refractivity contribution is 0.105. The number of para-hydroxylation sites is 1. The zero-order valence-electron chi connectivity index (χ0n) is 17.9. The van der Waals surface area contributed by atoms with E-state index in [1.54, 1.807) is 4.90 Å². The highest BCUT2D eigenvalue weighted by Crippen LogP contribution is 2.27. The van der Waals surface area contributed by atoms with Gasteiger partial charge in [-0.05, 0) is 37.8 Å². The molecule has 1 fully saturated rings. The van der Waals surface area contributed by atoms with E-state index in [9.17, 15) is 4.79 Å². The summed E-state index contributed by atoms with van der Waals surface area (Å²) in [6, 6.07) is 8.43. The number of ether oxygens (including phenoxy) is 1. The Kier molecular flexibility index (Phi) is 6.90. The van der Waals surface area contributed by atoms with Gasteiger partial charge in [0.25, 0.3) is 0 Å². The molecule has 1 saturated heterocycles. The minimum absolute atomic E-state index is 0.239. The Labute approximate surface area is 173 Å². The molecule has 29 heavy (non-hydrogen) atoms. The number of aromatic nitrogens is 2. The highest BCUT2D eigenvalue weighted by Gasteiger charge is 2.23. The van der Waals surface area contributed by atoms with Crippen LogP contribution in [0.15, 0.2) is 24.3 Å². The zero-order chi connectivity index (χ0) is 20.8. The number of hydrogen-bond donors (Lipinski definition) is 1. The van der Waals surface area contributed by atoms with Gasteiger partial charge in [0.05, 0.1) is 6.61 Å². The van der Waals surface area contributed by atoms with Gasteiger partial charge in [0, 0.05) is 37.9 Å². The molecule has 7 heteroatoms. The van der Waals surface area contributed by atoms with Gasteiger partial charge in [-0.15, -0.1) is 0 Å². The number of amides is 1. The van der Waals surface area contributed by atoms with Crippen LogP contribution in [0.2, 0.25) is 0 Å². The maximum Gasteiger partial charge on any atom is 0.409 e. The van der Waals surface area contributed by atoms with Gasteiger partial charge >= 0.3 is 6.09 Å². The smallest absolute Gasteiger partial charge is 0.409 e. The molecular weight excluding hydrogens is 366 g/mol. The molecule has 2 aromatic rings. The van der Waals surface area contributed by atoms with Gasteiger partial charge in [0.15, 0.2) is 0 Å². The van der Waals surface area contributed by atoms with Crippen molar-refractivity contribution >= 4 is 23.4 Å². The maximum absolute atomic E-state index is 11.9. The van der Waals surface area contributed by atoms with Crippen molar-refractivity contribution in [3.05, 3.63) is 41.2 Å². The molecule has 2 heterocycles. The molecule has 1 aliphatic heterocycles. The molecule has 1 N–H and O–H groups in total. The summed E-state index contributed by atoms with van der Waals surface area (Å²) in [7, 11) is 0. The second kappa shape index (κ2) is 9.58. The van der Waals surface area contributed by atoms with Crippen molar-refractivity contribution in [2.45, 2.75) is 40.5 Å². The maximum atomic E-state index is 11.9. The fraction of sp³-hybridized carbons (Fsp3) is 0.500. The predicted molar refractivity (Wildman–Crippen MR) is 116 cm³/mol. The number of carbonyl (C=O) groups is 1. The first kappa shape index (κ1) is 20.9. The summed E-state index contributed by atoms with van der Waals surface area (Å²) >= 11 is 0. The van der Waals surface area contributed by atoms with Crippen LogP contribution >= 0.6 is 0 Å². The lowest BCUT2D eigenvalue weighted by Crippen LogP contribution is -2.49. The van der Waals surface area contributed by atoms with Crippen molar-refractivity contribution in [3.8, 4) is 0 Å². The number of nitrogens with one attached hydrogen (secondary N) is 1. The van der Waals surface area contributed by atoms with Gasteiger partial charge in [-0.1, -0.05) is 32.0 Å². The van der Waals surface area contributed by atoms with Crippen molar-refractivity contribution in [1.82, 2.24) is 14.9 Å². The second-order valence-electron chi connectivity index (χ2n) is 7.11. The Hall–Kier alpha value is -2.83. The van der Waals surface area contributed by atoms with E-state index in [-0.39, 0.29) is 6.09 Å². The van der Waals surface area contributed by atoms with Crippen molar-refractivity contribution in [3.63, 3.8) is 0 Å². The van der Waals surface area contributed by atoms with E-state index in [1.165, 1.54) is 11.1 Å². The monoisotopic (exact) mass is 397 g/mol. The number of carbonyl (C=O) groups excluding carboxylic acids is 1. The topological polar surface area (TPSA) is 70.6 Å². The third kappa shape index (κ3) is 4.96. The van der Waals surface area contributed by atoms with Crippen molar-refractivity contribution < 1.29 is 9.53 Å². The molecule has 1 amide bonds. The number of benzene rings is 1. The third-order valence-corrected chi connectivity index (χ3v) is 5.21. The van der Waals surface area contributed by atoms with Gasteiger partial charge in [0.2, 0.25) is 0 Å². The average Bonchev–Trinajstić information content (AvgIpc) is 2.73. The summed E-state index contributed by atoms with van der Waals surface area (Å²) in [5.74, 6) is 2.41. The Bertz CT molecular complexity index is 825. The lowest BCUT2D eigenvalue weighted by Gasteiger charge is -2.34. The van der Waals surface area contributed by atoms with Crippen molar-refractivity contribution in [1.29, 1.82) is 0 Å². The molecule has 0 saturated carbocycles. The Morgan fingerprint density at radius 1 is 1.07 bits per heavy atom. The fourth-order valence-electron chi connectivity index (χ4n) is 3.64. The van der Waals surface area contributed by atoms with Gasteiger partial charge in [-0.2, -0.15) is 0 Å². The first-order valence-electron chi connectivity index (χ1n) is 10.5. The van der Waals surface area contributed by atoms with Gasteiger partial charge in [-0.3, -0.25) is 0 Å². The molecule has 0 atom stereocenters. The van der Waals surface area contributed by atoms with Crippen molar-refractivity contribution in [2.75, 3.05) is 43.0 Å².